The Labute approximate surface area is 116 Å². The number of aromatic nitrogens is 2. The molecular formula is C15H12ClN3. The van der Waals surface area contributed by atoms with Crippen molar-refractivity contribution in [1.82, 2.24) is 10.2 Å². The number of rotatable bonds is 2. The Bertz CT molecular complexity index is 624. The lowest BCUT2D eigenvalue weighted by Crippen LogP contribution is -1.83. The molecule has 0 radical (unpaired) electrons. The number of benzene rings is 2. The van der Waals surface area contributed by atoms with Crippen molar-refractivity contribution in [3.05, 3.63) is 59.6 Å². The van der Waals surface area contributed by atoms with Crippen LogP contribution < -0.4 is 5.73 Å². The van der Waals surface area contributed by atoms with E-state index in [1.54, 1.807) is 0 Å². The predicted molar refractivity (Wildman–Crippen MR) is 78.9 cm³/mol. The molecule has 1 aromatic heterocycles. The maximum atomic E-state index is 5.88. The van der Waals surface area contributed by atoms with Crippen molar-refractivity contribution < 1.29 is 0 Å². The smallest absolute Gasteiger partial charge is 0.0927 e. The van der Waals surface area contributed by atoms with Gasteiger partial charge < -0.3 is 5.73 Å². The third kappa shape index (κ3) is 2.46. The maximum Gasteiger partial charge on any atom is 0.0927 e. The molecule has 0 bridgehead atoms. The minimum atomic E-state index is 0.724. The van der Waals surface area contributed by atoms with E-state index in [1.165, 1.54) is 0 Å². The Balaban J connectivity index is 1.95. The van der Waals surface area contributed by atoms with Crippen LogP contribution >= 0.6 is 11.6 Å². The zero-order chi connectivity index (χ0) is 13.2. The van der Waals surface area contributed by atoms with Gasteiger partial charge in [0.25, 0.3) is 0 Å². The number of hydrogen-bond donors (Lipinski definition) is 2. The van der Waals surface area contributed by atoms with E-state index in [-0.39, 0.29) is 0 Å². The van der Waals surface area contributed by atoms with E-state index in [4.69, 9.17) is 17.3 Å². The molecule has 0 fully saturated rings. The van der Waals surface area contributed by atoms with Crippen LogP contribution in [0.25, 0.3) is 22.5 Å². The first-order chi connectivity index (χ1) is 9.22. The molecule has 0 aliphatic rings. The lowest BCUT2D eigenvalue weighted by atomic mass is 10.1. The van der Waals surface area contributed by atoms with Gasteiger partial charge in [0.15, 0.2) is 0 Å². The standard InChI is InChI=1S/C15H12ClN3/c16-12-5-1-10(2-6-12)14-9-15(19-18-14)11-3-7-13(17)8-4-11/h1-9H,17H2,(H,18,19). The van der Waals surface area contributed by atoms with Gasteiger partial charge in [0, 0.05) is 16.3 Å². The van der Waals surface area contributed by atoms with E-state index in [1.807, 2.05) is 54.6 Å². The molecule has 0 unspecified atom stereocenters. The zero-order valence-corrected chi connectivity index (χ0v) is 10.9. The topological polar surface area (TPSA) is 54.7 Å². The van der Waals surface area contributed by atoms with E-state index in [9.17, 15) is 0 Å². The molecule has 3 nitrogen and oxygen atoms in total. The third-order valence-electron chi connectivity index (χ3n) is 2.94. The van der Waals surface area contributed by atoms with E-state index in [2.05, 4.69) is 10.2 Å². The summed E-state index contributed by atoms with van der Waals surface area (Å²) in [5.41, 5.74) is 10.4. The number of H-pyrrole nitrogens is 1. The normalized spacial score (nSPS) is 10.6. The fourth-order valence-electron chi connectivity index (χ4n) is 1.90. The van der Waals surface area contributed by atoms with Gasteiger partial charge in [0.1, 0.15) is 0 Å². The minimum absolute atomic E-state index is 0.724. The van der Waals surface area contributed by atoms with Crippen molar-refractivity contribution in [3.63, 3.8) is 0 Å². The summed E-state index contributed by atoms with van der Waals surface area (Å²) in [7, 11) is 0. The molecule has 3 rings (SSSR count). The van der Waals surface area contributed by atoms with E-state index in [0.29, 0.717) is 0 Å². The van der Waals surface area contributed by atoms with Gasteiger partial charge >= 0.3 is 0 Å². The fourth-order valence-corrected chi connectivity index (χ4v) is 2.03. The van der Waals surface area contributed by atoms with Gasteiger partial charge in [-0.1, -0.05) is 35.9 Å². The molecule has 94 valence electrons. The van der Waals surface area contributed by atoms with Gasteiger partial charge in [0.2, 0.25) is 0 Å². The van der Waals surface area contributed by atoms with Crippen LogP contribution in [0.2, 0.25) is 5.02 Å². The van der Waals surface area contributed by atoms with Gasteiger partial charge in [-0.25, -0.2) is 0 Å². The first-order valence-electron chi connectivity index (χ1n) is 5.89. The van der Waals surface area contributed by atoms with Crippen molar-refractivity contribution in [2.45, 2.75) is 0 Å². The van der Waals surface area contributed by atoms with Crippen LogP contribution in [-0.2, 0) is 0 Å². The summed E-state index contributed by atoms with van der Waals surface area (Å²) in [4.78, 5) is 0. The van der Waals surface area contributed by atoms with Gasteiger partial charge in [0.05, 0.1) is 11.4 Å². The summed E-state index contributed by atoms with van der Waals surface area (Å²) in [5, 5.41) is 8.07. The number of aromatic amines is 1. The number of halogens is 1. The van der Waals surface area contributed by atoms with Crippen LogP contribution in [0, 0.1) is 0 Å². The Hall–Kier alpha value is -2.26. The second-order valence-corrected chi connectivity index (χ2v) is 4.73. The number of nitrogens with zero attached hydrogens (tertiary/aromatic N) is 1. The van der Waals surface area contributed by atoms with E-state index in [0.717, 1.165) is 33.2 Å². The van der Waals surface area contributed by atoms with Crippen LogP contribution in [0.5, 0.6) is 0 Å². The number of nitrogen functional groups attached to an aromatic ring is 1. The summed E-state index contributed by atoms with van der Waals surface area (Å²) in [6, 6.07) is 17.3. The molecule has 0 amide bonds. The largest absolute Gasteiger partial charge is 0.399 e. The molecule has 0 spiro atoms. The molecule has 0 saturated heterocycles. The number of nitrogens with one attached hydrogen (secondary N) is 1. The first kappa shape index (κ1) is 11.8. The Morgan fingerprint density at radius 2 is 1.53 bits per heavy atom. The lowest BCUT2D eigenvalue weighted by molar-refractivity contribution is 1.10. The van der Waals surface area contributed by atoms with Crippen molar-refractivity contribution in [2.75, 3.05) is 5.73 Å². The van der Waals surface area contributed by atoms with Gasteiger partial charge in [-0.2, -0.15) is 5.10 Å². The SMILES string of the molecule is Nc1ccc(-c2cc(-c3ccc(Cl)cc3)[nH]n2)cc1. The fraction of sp³-hybridized carbons (Fsp3) is 0. The summed E-state index contributed by atoms with van der Waals surface area (Å²) in [6.07, 6.45) is 0. The average Bonchev–Trinajstić information content (AvgIpc) is 2.90. The van der Waals surface area contributed by atoms with Crippen LogP contribution in [0.4, 0.5) is 5.69 Å². The number of anilines is 1. The molecule has 2 aromatic carbocycles. The molecule has 0 atom stereocenters. The van der Waals surface area contributed by atoms with Crippen molar-refractivity contribution in [3.8, 4) is 22.5 Å². The zero-order valence-electron chi connectivity index (χ0n) is 10.1. The second kappa shape index (κ2) is 4.78. The highest BCUT2D eigenvalue weighted by atomic mass is 35.5. The summed E-state index contributed by atoms with van der Waals surface area (Å²) >= 11 is 5.88. The van der Waals surface area contributed by atoms with Crippen LogP contribution in [0.3, 0.4) is 0 Å². The lowest BCUT2D eigenvalue weighted by Gasteiger charge is -1.97. The maximum absolute atomic E-state index is 5.88. The molecule has 3 aromatic rings. The Kier molecular flexibility index (Phi) is 2.97. The summed E-state index contributed by atoms with van der Waals surface area (Å²) in [5.74, 6) is 0. The predicted octanol–water partition coefficient (Wildman–Crippen LogP) is 3.98. The van der Waals surface area contributed by atoms with Crippen LogP contribution in [-0.4, -0.2) is 10.2 Å². The monoisotopic (exact) mass is 269 g/mol. The van der Waals surface area contributed by atoms with Crippen molar-refractivity contribution in [1.29, 1.82) is 0 Å². The third-order valence-corrected chi connectivity index (χ3v) is 3.19. The molecule has 0 aliphatic heterocycles. The van der Waals surface area contributed by atoms with E-state index < -0.39 is 0 Å². The average molecular weight is 270 g/mol. The number of hydrogen-bond acceptors (Lipinski definition) is 2. The van der Waals surface area contributed by atoms with Crippen molar-refractivity contribution >= 4 is 17.3 Å². The molecule has 1 heterocycles. The molecule has 0 saturated carbocycles. The molecule has 4 heteroatoms. The number of nitrogens with two attached hydrogens (primary N) is 1. The molecule has 3 N–H and O–H groups in total. The van der Waals surface area contributed by atoms with Crippen molar-refractivity contribution in [2.24, 2.45) is 0 Å². The Morgan fingerprint density at radius 1 is 0.895 bits per heavy atom. The molecule has 19 heavy (non-hydrogen) atoms. The molecular weight excluding hydrogens is 258 g/mol. The highest BCUT2D eigenvalue weighted by Gasteiger charge is 2.05. The van der Waals surface area contributed by atoms with Crippen LogP contribution in [0.1, 0.15) is 0 Å². The first-order valence-corrected chi connectivity index (χ1v) is 6.27. The van der Waals surface area contributed by atoms with Gasteiger partial charge in [-0.15, -0.1) is 0 Å². The van der Waals surface area contributed by atoms with Gasteiger partial charge in [-0.3, -0.25) is 5.10 Å². The Morgan fingerprint density at radius 3 is 2.21 bits per heavy atom. The highest BCUT2D eigenvalue weighted by molar-refractivity contribution is 6.30. The van der Waals surface area contributed by atoms with Gasteiger partial charge in [-0.05, 0) is 35.9 Å². The van der Waals surface area contributed by atoms with E-state index >= 15 is 0 Å². The summed E-state index contributed by atoms with van der Waals surface area (Å²) < 4.78 is 0. The van der Waals surface area contributed by atoms with Crippen LogP contribution in [0.15, 0.2) is 54.6 Å². The summed E-state index contributed by atoms with van der Waals surface area (Å²) in [6.45, 7) is 0. The molecule has 0 aliphatic carbocycles. The highest BCUT2D eigenvalue weighted by Crippen LogP contribution is 2.25. The minimum Gasteiger partial charge on any atom is -0.399 e. The quantitative estimate of drug-likeness (QED) is 0.692. The second-order valence-electron chi connectivity index (χ2n) is 4.30.